The van der Waals surface area contributed by atoms with Crippen LogP contribution in [0.5, 0.6) is 0 Å². The molecule has 2 aromatic heterocycles. The molecule has 8 nitrogen and oxygen atoms in total. The smallest absolute Gasteiger partial charge is 0.338 e. The first-order valence-electron chi connectivity index (χ1n) is 6.51. The predicted molar refractivity (Wildman–Crippen MR) is 73.6 cm³/mol. The Kier molecular flexibility index (Phi) is 4.36. The van der Waals surface area contributed by atoms with E-state index in [0.29, 0.717) is 6.54 Å². The maximum Gasteiger partial charge on any atom is 0.338 e. The van der Waals surface area contributed by atoms with E-state index in [4.69, 9.17) is 5.11 Å². The van der Waals surface area contributed by atoms with Crippen LogP contribution in [0.1, 0.15) is 23.0 Å². The molecule has 0 fully saturated rings. The molecule has 0 aliphatic carbocycles. The summed E-state index contributed by atoms with van der Waals surface area (Å²) >= 11 is 0. The molecule has 2 heterocycles. The Morgan fingerprint density at radius 1 is 1.38 bits per heavy atom. The summed E-state index contributed by atoms with van der Waals surface area (Å²) in [5, 5.41) is 16.8. The lowest BCUT2D eigenvalue weighted by molar-refractivity contribution is -0.131. The molecule has 0 spiro atoms. The molecule has 0 saturated heterocycles. The lowest BCUT2D eigenvalue weighted by Gasteiger charge is -2.17. The van der Waals surface area contributed by atoms with Crippen LogP contribution in [0, 0.1) is 0 Å². The van der Waals surface area contributed by atoms with Crippen LogP contribution >= 0.6 is 0 Å². The van der Waals surface area contributed by atoms with Crippen LogP contribution in [0.3, 0.4) is 0 Å². The van der Waals surface area contributed by atoms with Gasteiger partial charge in [-0.25, -0.2) is 4.79 Å². The van der Waals surface area contributed by atoms with E-state index in [2.05, 4.69) is 10.2 Å². The van der Waals surface area contributed by atoms with E-state index in [1.165, 1.54) is 17.1 Å². The van der Waals surface area contributed by atoms with E-state index in [1.54, 1.807) is 18.1 Å². The van der Waals surface area contributed by atoms with Crippen LogP contribution in [0.4, 0.5) is 0 Å². The van der Waals surface area contributed by atoms with Gasteiger partial charge in [0.25, 0.3) is 0 Å². The lowest BCUT2D eigenvalue weighted by Crippen LogP contribution is -2.30. The number of nitrogens with zero attached hydrogens (tertiary/aromatic N) is 5. The van der Waals surface area contributed by atoms with E-state index >= 15 is 0 Å². The SMILES string of the molecule is CCn1nccc1CN(C)C(=O)Cn1cc(C(=O)O)cn1. The molecule has 8 heteroatoms. The second-order valence-corrected chi connectivity index (χ2v) is 4.62. The van der Waals surface area contributed by atoms with Crippen molar-refractivity contribution < 1.29 is 14.7 Å². The maximum atomic E-state index is 12.1. The number of aromatic nitrogens is 4. The first-order chi connectivity index (χ1) is 10.0. The topological polar surface area (TPSA) is 93.2 Å². The van der Waals surface area contributed by atoms with Gasteiger partial charge >= 0.3 is 5.97 Å². The Labute approximate surface area is 121 Å². The van der Waals surface area contributed by atoms with Crippen LogP contribution in [-0.2, 0) is 24.4 Å². The molecule has 0 aliphatic heterocycles. The van der Waals surface area contributed by atoms with Crippen molar-refractivity contribution in [3.8, 4) is 0 Å². The third kappa shape index (κ3) is 3.47. The van der Waals surface area contributed by atoms with E-state index in [-0.39, 0.29) is 18.0 Å². The number of carbonyl (C=O) groups excluding carboxylic acids is 1. The van der Waals surface area contributed by atoms with Gasteiger partial charge in [0, 0.05) is 26.0 Å². The Morgan fingerprint density at radius 2 is 2.14 bits per heavy atom. The van der Waals surface area contributed by atoms with Gasteiger partial charge < -0.3 is 10.0 Å². The van der Waals surface area contributed by atoms with Crippen molar-refractivity contribution >= 4 is 11.9 Å². The van der Waals surface area contributed by atoms with Gasteiger partial charge in [0.05, 0.1) is 24.0 Å². The highest BCUT2D eigenvalue weighted by Gasteiger charge is 2.14. The van der Waals surface area contributed by atoms with Crippen LogP contribution in [0.15, 0.2) is 24.7 Å². The summed E-state index contributed by atoms with van der Waals surface area (Å²) in [7, 11) is 1.69. The van der Waals surface area contributed by atoms with E-state index in [0.717, 1.165) is 12.2 Å². The fourth-order valence-electron chi connectivity index (χ4n) is 1.93. The van der Waals surface area contributed by atoms with Crippen molar-refractivity contribution in [1.29, 1.82) is 0 Å². The van der Waals surface area contributed by atoms with Crippen LogP contribution in [0.25, 0.3) is 0 Å². The monoisotopic (exact) mass is 291 g/mol. The third-order valence-corrected chi connectivity index (χ3v) is 3.11. The largest absolute Gasteiger partial charge is 0.478 e. The summed E-state index contributed by atoms with van der Waals surface area (Å²) < 4.78 is 3.14. The number of carboxylic acid groups (broad SMARTS) is 1. The molecule has 0 radical (unpaired) electrons. The van der Waals surface area contributed by atoms with Gasteiger partial charge in [-0.1, -0.05) is 0 Å². The molecule has 0 saturated carbocycles. The first kappa shape index (κ1) is 14.8. The fraction of sp³-hybridized carbons (Fsp3) is 0.385. The molecular weight excluding hydrogens is 274 g/mol. The van der Waals surface area contributed by atoms with Gasteiger partial charge in [0.1, 0.15) is 6.54 Å². The number of aromatic carboxylic acids is 1. The summed E-state index contributed by atoms with van der Waals surface area (Å²) in [6, 6.07) is 1.86. The van der Waals surface area contributed by atoms with Crippen molar-refractivity contribution in [2.24, 2.45) is 0 Å². The third-order valence-electron chi connectivity index (χ3n) is 3.11. The minimum Gasteiger partial charge on any atom is -0.478 e. The normalized spacial score (nSPS) is 10.6. The highest BCUT2D eigenvalue weighted by Crippen LogP contribution is 2.04. The number of hydrogen-bond donors (Lipinski definition) is 1. The van der Waals surface area contributed by atoms with Crippen LogP contribution in [0.2, 0.25) is 0 Å². The molecule has 0 aliphatic rings. The number of amides is 1. The second-order valence-electron chi connectivity index (χ2n) is 4.62. The molecule has 0 aromatic carbocycles. The molecule has 2 aromatic rings. The molecule has 21 heavy (non-hydrogen) atoms. The Bertz CT molecular complexity index is 646. The molecular formula is C13H17N5O3. The first-order valence-corrected chi connectivity index (χ1v) is 6.51. The molecule has 2 rings (SSSR count). The highest BCUT2D eigenvalue weighted by molar-refractivity contribution is 5.87. The van der Waals surface area contributed by atoms with E-state index in [9.17, 15) is 9.59 Å². The summed E-state index contributed by atoms with van der Waals surface area (Å²) in [6.45, 7) is 3.17. The van der Waals surface area contributed by atoms with Crippen LogP contribution in [-0.4, -0.2) is 48.5 Å². The average molecular weight is 291 g/mol. The van der Waals surface area contributed by atoms with Gasteiger partial charge in [-0.05, 0) is 13.0 Å². The minimum atomic E-state index is -1.06. The number of hydrogen-bond acceptors (Lipinski definition) is 4. The highest BCUT2D eigenvalue weighted by atomic mass is 16.4. The molecule has 0 unspecified atom stereocenters. The van der Waals surface area contributed by atoms with Crippen molar-refractivity contribution in [1.82, 2.24) is 24.5 Å². The van der Waals surface area contributed by atoms with Gasteiger partial charge in [-0.2, -0.15) is 10.2 Å². The van der Waals surface area contributed by atoms with Crippen molar-refractivity contribution in [2.75, 3.05) is 7.05 Å². The van der Waals surface area contributed by atoms with Crippen molar-refractivity contribution in [2.45, 2.75) is 26.6 Å². The number of rotatable bonds is 6. The zero-order valence-corrected chi connectivity index (χ0v) is 11.9. The van der Waals surface area contributed by atoms with Crippen molar-refractivity contribution in [3.63, 3.8) is 0 Å². The van der Waals surface area contributed by atoms with Gasteiger partial charge in [-0.15, -0.1) is 0 Å². The fourth-order valence-corrected chi connectivity index (χ4v) is 1.93. The summed E-state index contributed by atoms with van der Waals surface area (Å²) in [6.07, 6.45) is 4.26. The second kappa shape index (κ2) is 6.21. The summed E-state index contributed by atoms with van der Waals surface area (Å²) in [5.74, 6) is -1.22. The van der Waals surface area contributed by atoms with Crippen molar-refractivity contribution in [3.05, 3.63) is 35.9 Å². The molecule has 112 valence electrons. The summed E-state index contributed by atoms with van der Waals surface area (Å²) in [4.78, 5) is 24.4. The van der Waals surface area contributed by atoms with E-state index in [1.807, 2.05) is 17.7 Å². The zero-order valence-electron chi connectivity index (χ0n) is 11.9. The van der Waals surface area contributed by atoms with Gasteiger partial charge in [-0.3, -0.25) is 14.2 Å². The number of aryl methyl sites for hydroxylation is 1. The predicted octanol–water partition coefficient (Wildman–Crippen LogP) is 0.456. The quantitative estimate of drug-likeness (QED) is 0.834. The van der Waals surface area contributed by atoms with Gasteiger partial charge in [0.2, 0.25) is 5.91 Å². The molecule has 0 atom stereocenters. The average Bonchev–Trinajstić information content (AvgIpc) is 3.07. The lowest BCUT2D eigenvalue weighted by atomic mass is 10.3. The standard InChI is InChI=1S/C13H17N5O3/c1-3-18-11(4-5-14-18)8-16(2)12(19)9-17-7-10(6-15-17)13(20)21/h4-7H,3,8-9H2,1-2H3,(H,20,21). The maximum absolute atomic E-state index is 12.1. The minimum absolute atomic E-state index is 0.00401. The molecule has 0 bridgehead atoms. The number of carbonyl (C=O) groups is 2. The number of carboxylic acids is 1. The Balaban J connectivity index is 1.97. The van der Waals surface area contributed by atoms with Crippen LogP contribution < -0.4 is 0 Å². The van der Waals surface area contributed by atoms with Gasteiger partial charge in [0.15, 0.2) is 0 Å². The number of likely N-dealkylation sites (N-methyl/N-ethyl adjacent to an activating group) is 1. The summed E-state index contributed by atoms with van der Waals surface area (Å²) in [5.41, 5.74) is 1.01. The zero-order chi connectivity index (χ0) is 15.4. The van der Waals surface area contributed by atoms with E-state index < -0.39 is 5.97 Å². The molecule has 1 amide bonds. The Hall–Kier alpha value is -2.64. The Morgan fingerprint density at radius 3 is 2.76 bits per heavy atom. The molecule has 1 N–H and O–H groups in total.